The Kier molecular flexibility index (Phi) is 6.39. The van der Waals surface area contributed by atoms with Gasteiger partial charge in [-0.3, -0.25) is 9.99 Å². The number of hydrogen-bond acceptors (Lipinski definition) is 9. The van der Waals surface area contributed by atoms with Gasteiger partial charge in [0.05, 0.1) is 30.3 Å². The average molecular weight is 506 g/mol. The van der Waals surface area contributed by atoms with E-state index in [4.69, 9.17) is 4.74 Å². The highest BCUT2D eigenvalue weighted by atomic mass is 19.4. The Labute approximate surface area is 191 Å². The van der Waals surface area contributed by atoms with Gasteiger partial charge in [0.25, 0.3) is 0 Å². The summed E-state index contributed by atoms with van der Waals surface area (Å²) in [5, 5.41) is 33.0. The number of fused-ring (bicyclic) bond motifs is 1. The molecule has 1 aliphatic heterocycles. The van der Waals surface area contributed by atoms with Crippen LogP contribution in [0, 0.1) is 0 Å². The molecule has 0 aliphatic carbocycles. The standard InChI is InChI=1S/C19H16F6N6O4/c20-18(21,22)9-2-1-8(10(3-9)19(23,24)25)4-29-30-15-12-16(27-6-26-15)31(7-28-12)17-14(34)13(33)11(5-32)35-17/h1-4,6-7,11,13-14,17,32-34H,5H2,(H,26,27,30)/t11-,13-,14-,17-/m1/s1. The van der Waals surface area contributed by atoms with Gasteiger partial charge in [0.2, 0.25) is 0 Å². The monoisotopic (exact) mass is 506 g/mol. The van der Waals surface area contributed by atoms with Crippen LogP contribution in [0.15, 0.2) is 36.0 Å². The zero-order valence-corrected chi connectivity index (χ0v) is 17.2. The number of ether oxygens (including phenoxy) is 1. The fourth-order valence-electron chi connectivity index (χ4n) is 3.48. The fourth-order valence-corrected chi connectivity index (χ4v) is 3.48. The molecule has 3 aromatic rings. The minimum Gasteiger partial charge on any atom is -0.394 e. The molecule has 3 heterocycles. The Morgan fingerprint density at radius 2 is 1.80 bits per heavy atom. The summed E-state index contributed by atoms with van der Waals surface area (Å²) in [5.74, 6) is -0.0720. The first-order chi connectivity index (χ1) is 16.4. The lowest BCUT2D eigenvalue weighted by Gasteiger charge is -2.16. The Hall–Kier alpha value is -3.34. The van der Waals surface area contributed by atoms with Crippen molar-refractivity contribution in [2.24, 2.45) is 5.10 Å². The molecular formula is C19H16F6N6O4. The van der Waals surface area contributed by atoms with E-state index in [1.165, 1.54) is 10.9 Å². The van der Waals surface area contributed by atoms with Crippen LogP contribution >= 0.6 is 0 Å². The topological polar surface area (TPSA) is 138 Å². The maximum absolute atomic E-state index is 13.3. The summed E-state index contributed by atoms with van der Waals surface area (Å²) in [6.45, 7) is -0.554. The zero-order valence-electron chi connectivity index (χ0n) is 17.2. The number of anilines is 1. The quantitative estimate of drug-likeness (QED) is 0.234. The molecule has 1 aromatic carbocycles. The maximum Gasteiger partial charge on any atom is 0.417 e. The molecule has 188 valence electrons. The lowest BCUT2D eigenvalue weighted by Crippen LogP contribution is -2.33. The van der Waals surface area contributed by atoms with E-state index in [9.17, 15) is 41.7 Å². The first kappa shape index (κ1) is 24.8. The van der Waals surface area contributed by atoms with Crippen molar-refractivity contribution in [3.63, 3.8) is 0 Å². The second-order valence-corrected chi connectivity index (χ2v) is 7.44. The predicted octanol–water partition coefficient (Wildman–Crippen LogP) is 1.92. The molecule has 1 saturated heterocycles. The third kappa shape index (κ3) is 4.77. The number of alkyl halides is 6. The maximum atomic E-state index is 13.3. The summed E-state index contributed by atoms with van der Waals surface area (Å²) in [6, 6.07) is 1.14. The van der Waals surface area contributed by atoms with Gasteiger partial charge in [-0.1, -0.05) is 6.07 Å². The molecule has 0 bridgehead atoms. The molecule has 1 fully saturated rings. The molecule has 0 amide bonds. The smallest absolute Gasteiger partial charge is 0.394 e. The normalized spacial score (nSPS) is 23.5. The lowest BCUT2D eigenvalue weighted by atomic mass is 10.0. The van der Waals surface area contributed by atoms with Gasteiger partial charge in [-0.25, -0.2) is 15.0 Å². The number of halogens is 6. The summed E-state index contributed by atoms with van der Waals surface area (Å²) >= 11 is 0. The molecule has 4 atom stereocenters. The predicted molar refractivity (Wildman–Crippen MR) is 106 cm³/mol. The van der Waals surface area contributed by atoms with E-state index < -0.39 is 60.2 Å². The summed E-state index contributed by atoms with van der Waals surface area (Å²) in [5.41, 5.74) is -1.09. The van der Waals surface area contributed by atoms with Crippen LogP contribution in [0.1, 0.15) is 22.9 Å². The highest BCUT2D eigenvalue weighted by molar-refractivity contribution is 5.85. The van der Waals surface area contributed by atoms with Gasteiger partial charge < -0.3 is 20.1 Å². The lowest BCUT2D eigenvalue weighted by molar-refractivity contribution is -0.143. The number of nitrogens with zero attached hydrogens (tertiary/aromatic N) is 5. The summed E-state index contributed by atoms with van der Waals surface area (Å²) in [4.78, 5) is 12.0. The molecule has 4 rings (SSSR count). The minimum absolute atomic E-state index is 0.00705. The van der Waals surface area contributed by atoms with Gasteiger partial charge in [-0.05, 0) is 12.1 Å². The number of aliphatic hydroxyl groups is 3. The van der Waals surface area contributed by atoms with E-state index in [-0.39, 0.29) is 23.0 Å². The number of rotatable bonds is 5. The molecule has 1 aliphatic rings. The van der Waals surface area contributed by atoms with E-state index in [1.54, 1.807) is 0 Å². The third-order valence-electron chi connectivity index (χ3n) is 5.21. The van der Waals surface area contributed by atoms with Crippen LogP contribution in [-0.2, 0) is 17.1 Å². The van der Waals surface area contributed by atoms with Crippen molar-refractivity contribution in [3.8, 4) is 0 Å². The second kappa shape index (κ2) is 9.03. The van der Waals surface area contributed by atoms with Gasteiger partial charge in [-0.2, -0.15) is 31.4 Å². The van der Waals surface area contributed by atoms with E-state index in [0.717, 1.165) is 6.33 Å². The average Bonchev–Trinajstić information content (AvgIpc) is 3.34. The third-order valence-corrected chi connectivity index (χ3v) is 5.21. The number of nitrogens with one attached hydrogen (secondary N) is 1. The molecular weight excluding hydrogens is 490 g/mol. The van der Waals surface area contributed by atoms with Gasteiger partial charge in [0.1, 0.15) is 24.6 Å². The summed E-state index contributed by atoms with van der Waals surface area (Å²) in [6.07, 6.45) is -12.1. The number of imidazole rings is 1. The Balaban J connectivity index is 1.61. The van der Waals surface area contributed by atoms with Crippen LogP contribution in [0.4, 0.5) is 32.2 Å². The number of hydrazone groups is 1. The van der Waals surface area contributed by atoms with E-state index in [1.807, 2.05) is 0 Å². The first-order valence-corrected chi connectivity index (χ1v) is 9.79. The highest BCUT2D eigenvalue weighted by Gasteiger charge is 2.44. The molecule has 2 aromatic heterocycles. The fraction of sp³-hybridized carbons (Fsp3) is 0.368. The van der Waals surface area contributed by atoms with Crippen molar-refractivity contribution in [1.82, 2.24) is 19.5 Å². The van der Waals surface area contributed by atoms with Gasteiger partial charge in [0, 0.05) is 5.56 Å². The Morgan fingerprint density at radius 3 is 2.43 bits per heavy atom. The zero-order chi connectivity index (χ0) is 25.5. The van der Waals surface area contributed by atoms with E-state index >= 15 is 0 Å². The van der Waals surface area contributed by atoms with E-state index in [2.05, 4.69) is 25.5 Å². The molecule has 16 heteroatoms. The first-order valence-electron chi connectivity index (χ1n) is 9.79. The van der Waals surface area contributed by atoms with E-state index in [0.29, 0.717) is 18.3 Å². The van der Waals surface area contributed by atoms with Crippen molar-refractivity contribution in [1.29, 1.82) is 0 Å². The van der Waals surface area contributed by atoms with Crippen LogP contribution < -0.4 is 5.43 Å². The molecule has 0 saturated carbocycles. The summed E-state index contributed by atoms with van der Waals surface area (Å²) in [7, 11) is 0. The SMILES string of the molecule is OC[C@H]1O[C@@H](n2cnc3c(NN=Cc4ccc(C(F)(F)F)cc4C(F)(F)F)ncnc32)[C@H](O)[C@@H]1O. The van der Waals surface area contributed by atoms with Gasteiger partial charge in [0.15, 0.2) is 23.2 Å². The molecule has 4 N–H and O–H groups in total. The Morgan fingerprint density at radius 1 is 1.06 bits per heavy atom. The largest absolute Gasteiger partial charge is 0.417 e. The molecule has 0 spiro atoms. The van der Waals surface area contributed by atoms with Crippen molar-refractivity contribution in [3.05, 3.63) is 47.5 Å². The Bertz CT molecular complexity index is 1250. The van der Waals surface area contributed by atoms with Gasteiger partial charge >= 0.3 is 12.4 Å². The van der Waals surface area contributed by atoms with Gasteiger partial charge in [-0.15, -0.1) is 0 Å². The molecule has 0 unspecified atom stereocenters. The van der Waals surface area contributed by atoms with Crippen molar-refractivity contribution in [2.75, 3.05) is 12.0 Å². The summed E-state index contributed by atoms with van der Waals surface area (Å²) < 4.78 is 85.0. The number of hydrogen-bond donors (Lipinski definition) is 4. The second-order valence-electron chi connectivity index (χ2n) is 7.44. The van der Waals surface area contributed by atoms with Crippen LogP contribution in [0.2, 0.25) is 0 Å². The van der Waals surface area contributed by atoms with Crippen LogP contribution in [0.3, 0.4) is 0 Å². The van der Waals surface area contributed by atoms with Crippen LogP contribution in [-0.4, -0.2) is 66.0 Å². The molecule has 35 heavy (non-hydrogen) atoms. The van der Waals surface area contributed by atoms with Crippen LogP contribution in [0.5, 0.6) is 0 Å². The van der Waals surface area contributed by atoms with Crippen molar-refractivity contribution in [2.45, 2.75) is 36.9 Å². The number of benzene rings is 1. The van der Waals surface area contributed by atoms with Crippen molar-refractivity contribution >= 4 is 23.2 Å². The highest BCUT2D eigenvalue weighted by Crippen LogP contribution is 2.37. The van der Waals surface area contributed by atoms with Crippen LogP contribution in [0.25, 0.3) is 11.2 Å². The van der Waals surface area contributed by atoms with Crippen molar-refractivity contribution < 1.29 is 46.4 Å². The number of aliphatic hydroxyl groups excluding tert-OH is 3. The molecule has 0 radical (unpaired) electrons. The number of aromatic nitrogens is 4. The molecule has 10 nitrogen and oxygen atoms in total. The minimum atomic E-state index is -5.07.